The van der Waals surface area contributed by atoms with E-state index in [1.165, 1.54) is 48.5 Å². The molecule has 0 spiro atoms. The molecular formula is C34H26O9. The first-order chi connectivity index (χ1) is 20.9. The normalized spacial score (nSPS) is 19.3. The van der Waals surface area contributed by atoms with E-state index in [1.54, 1.807) is 72.8 Å². The van der Waals surface area contributed by atoms with Gasteiger partial charge in [0.05, 0.1) is 22.3 Å². The maximum absolute atomic E-state index is 13.3. The van der Waals surface area contributed by atoms with Crippen LogP contribution >= 0.6 is 0 Å². The number of carbonyl (C=O) groups is 4. The lowest BCUT2D eigenvalue weighted by atomic mass is 10.0. The second kappa shape index (κ2) is 13.3. The Kier molecular flexibility index (Phi) is 8.92. The summed E-state index contributed by atoms with van der Waals surface area (Å²) in [5.74, 6) is -3.39. The lowest BCUT2D eigenvalue weighted by Crippen LogP contribution is -2.57. The quantitative estimate of drug-likeness (QED) is 0.201. The van der Waals surface area contributed by atoms with Gasteiger partial charge in [0.25, 0.3) is 6.29 Å². The molecule has 1 heterocycles. The molecule has 4 aromatic carbocycles. The lowest BCUT2D eigenvalue weighted by molar-refractivity contribution is -0.224. The van der Waals surface area contributed by atoms with Crippen molar-refractivity contribution in [2.45, 2.75) is 24.6 Å². The first-order valence-corrected chi connectivity index (χ1v) is 13.3. The Morgan fingerprint density at radius 1 is 0.465 bits per heavy atom. The van der Waals surface area contributed by atoms with Crippen molar-refractivity contribution in [2.24, 2.45) is 0 Å². The fraction of sp³-hybridized carbons (Fsp3) is 0.118. The third-order valence-corrected chi connectivity index (χ3v) is 6.46. The second-order valence-electron chi connectivity index (χ2n) is 9.39. The molecule has 1 aliphatic rings. The SMILES string of the molecule is C=C1O[C@@H](OC(=O)c2ccccc2)[C@H](OC(=O)c2ccccc2)[C@@H](OC(=O)c2ccccc2)[C@@H]1OC(=O)c1ccccc1. The number of esters is 4. The van der Waals surface area contributed by atoms with Crippen molar-refractivity contribution in [1.29, 1.82) is 0 Å². The van der Waals surface area contributed by atoms with E-state index in [0.717, 1.165) is 0 Å². The van der Waals surface area contributed by atoms with Gasteiger partial charge in [-0.15, -0.1) is 0 Å². The smallest absolute Gasteiger partial charge is 0.341 e. The van der Waals surface area contributed by atoms with E-state index in [1.807, 2.05) is 0 Å². The fourth-order valence-electron chi connectivity index (χ4n) is 4.31. The Hall–Kier alpha value is -5.70. The summed E-state index contributed by atoms with van der Waals surface area (Å²) in [5.41, 5.74) is 0.754. The number of carbonyl (C=O) groups excluding carboxylic acids is 4. The first kappa shape index (κ1) is 28.8. The lowest BCUT2D eigenvalue weighted by Gasteiger charge is -2.41. The Bertz CT molecular complexity index is 1590. The predicted octanol–water partition coefficient (Wildman–Crippen LogP) is 5.39. The third-order valence-electron chi connectivity index (χ3n) is 6.46. The highest BCUT2D eigenvalue weighted by atomic mass is 16.7. The topological polar surface area (TPSA) is 114 Å². The zero-order valence-corrected chi connectivity index (χ0v) is 22.7. The molecule has 1 aliphatic heterocycles. The van der Waals surface area contributed by atoms with E-state index in [4.69, 9.17) is 23.7 Å². The molecule has 9 heteroatoms. The molecule has 0 amide bonds. The molecule has 1 fully saturated rings. The average molecular weight is 579 g/mol. The van der Waals surface area contributed by atoms with Crippen LogP contribution in [-0.2, 0) is 23.7 Å². The van der Waals surface area contributed by atoms with Gasteiger partial charge in [-0.1, -0.05) is 79.4 Å². The number of hydrogen-bond donors (Lipinski definition) is 0. The van der Waals surface area contributed by atoms with E-state index >= 15 is 0 Å². The fourth-order valence-corrected chi connectivity index (χ4v) is 4.31. The minimum atomic E-state index is -1.62. The molecule has 0 N–H and O–H groups in total. The van der Waals surface area contributed by atoms with Crippen LogP contribution in [0.1, 0.15) is 41.4 Å². The van der Waals surface area contributed by atoms with Crippen molar-refractivity contribution in [3.63, 3.8) is 0 Å². The summed E-state index contributed by atoms with van der Waals surface area (Å²) in [6.45, 7) is 3.85. The van der Waals surface area contributed by atoms with Crippen molar-refractivity contribution in [3.05, 3.63) is 156 Å². The van der Waals surface area contributed by atoms with Crippen LogP contribution in [0.2, 0.25) is 0 Å². The van der Waals surface area contributed by atoms with Gasteiger partial charge in [-0.05, 0) is 48.5 Å². The Labute approximate surface area is 247 Å². The third kappa shape index (κ3) is 6.97. The van der Waals surface area contributed by atoms with E-state index in [9.17, 15) is 19.2 Å². The summed E-state index contributed by atoms with van der Waals surface area (Å²) >= 11 is 0. The Balaban J connectivity index is 1.52. The van der Waals surface area contributed by atoms with Crippen LogP contribution < -0.4 is 0 Å². The number of benzene rings is 4. The average Bonchev–Trinajstić information content (AvgIpc) is 3.05. The predicted molar refractivity (Wildman–Crippen MR) is 153 cm³/mol. The van der Waals surface area contributed by atoms with E-state index < -0.39 is 48.5 Å². The van der Waals surface area contributed by atoms with Crippen LogP contribution in [-0.4, -0.2) is 48.5 Å². The molecule has 9 nitrogen and oxygen atoms in total. The molecule has 0 unspecified atom stereocenters. The summed E-state index contributed by atoms with van der Waals surface area (Å²) < 4.78 is 28.8. The maximum Gasteiger partial charge on any atom is 0.341 e. The molecule has 5 rings (SSSR count). The van der Waals surface area contributed by atoms with Crippen LogP contribution in [0, 0.1) is 0 Å². The molecule has 0 aliphatic carbocycles. The molecule has 0 saturated carbocycles. The summed E-state index contributed by atoms with van der Waals surface area (Å²) in [6.07, 6.45) is -6.16. The zero-order valence-electron chi connectivity index (χ0n) is 22.7. The van der Waals surface area contributed by atoms with E-state index in [-0.39, 0.29) is 28.0 Å². The molecule has 4 atom stereocenters. The molecule has 1 saturated heterocycles. The highest BCUT2D eigenvalue weighted by Gasteiger charge is 2.52. The van der Waals surface area contributed by atoms with Crippen LogP contribution in [0.5, 0.6) is 0 Å². The van der Waals surface area contributed by atoms with Gasteiger partial charge in [-0.25, -0.2) is 19.2 Å². The standard InChI is InChI=1S/C34H26O9/c1-22-27(40-30(35)23-14-6-2-7-15-23)28(41-31(36)24-16-8-3-9-17-24)29(42-32(37)25-18-10-4-11-19-25)34(39-22)43-33(38)26-20-12-5-13-21-26/h2-21,27-29,34H,1H2/t27-,28+,29-,34+/m1/s1. The van der Waals surface area contributed by atoms with Gasteiger partial charge < -0.3 is 23.7 Å². The molecule has 0 aromatic heterocycles. The molecule has 4 aromatic rings. The molecule has 43 heavy (non-hydrogen) atoms. The van der Waals surface area contributed by atoms with Gasteiger partial charge in [0.2, 0.25) is 6.10 Å². The van der Waals surface area contributed by atoms with Crippen LogP contribution in [0.3, 0.4) is 0 Å². The summed E-state index contributed by atoms with van der Waals surface area (Å²) in [4.78, 5) is 52.7. The van der Waals surface area contributed by atoms with Crippen LogP contribution in [0.25, 0.3) is 0 Å². The van der Waals surface area contributed by atoms with Gasteiger partial charge >= 0.3 is 23.9 Å². The number of hydrogen-bond acceptors (Lipinski definition) is 9. The summed E-state index contributed by atoms with van der Waals surface area (Å²) in [5, 5.41) is 0. The van der Waals surface area contributed by atoms with Crippen molar-refractivity contribution < 1.29 is 42.9 Å². The van der Waals surface area contributed by atoms with Crippen LogP contribution in [0.4, 0.5) is 0 Å². The highest BCUT2D eigenvalue weighted by Crippen LogP contribution is 2.33. The van der Waals surface area contributed by atoms with Gasteiger partial charge in [0.1, 0.15) is 5.76 Å². The Morgan fingerprint density at radius 3 is 1.19 bits per heavy atom. The van der Waals surface area contributed by atoms with Gasteiger partial charge in [-0.2, -0.15) is 0 Å². The summed E-state index contributed by atoms with van der Waals surface area (Å²) in [6, 6.07) is 32.3. The largest absolute Gasteiger partial charge is 0.452 e. The van der Waals surface area contributed by atoms with Gasteiger partial charge in [0, 0.05) is 0 Å². The minimum absolute atomic E-state index is 0.172. The van der Waals surface area contributed by atoms with E-state index in [0.29, 0.717) is 0 Å². The molecule has 0 radical (unpaired) electrons. The molecule has 216 valence electrons. The zero-order chi connectivity index (χ0) is 30.2. The first-order valence-electron chi connectivity index (χ1n) is 13.3. The number of ether oxygens (including phenoxy) is 5. The van der Waals surface area contributed by atoms with Crippen LogP contribution in [0.15, 0.2) is 134 Å². The van der Waals surface area contributed by atoms with Gasteiger partial charge in [-0.3, -0.25) is 0 Å². The molecule has 0 bridgehead atoms. The number of rotatable bonds is 8. The Morgan fingerprint density at radius 2 is 0.791 bits per heavy atom. The maximum atomic E-state index is 13.3. The molecular weight excluding hydrogens is 552 g/mol. The van der Waals surface area contributed by atoms with Gasteiger partial charge in [0.15, 0.2) is 12.2 Å². The summed E-state index contributed by atoms with van der Waals surface area (Å²) in [7, 11) is 0. The minimum Gasteiger partial charge on any atom is -0.452 e. The van der Waals surface area contributed by atoms with E-state index in [2.05, 4.69) is 6.58 Å². The highest BCUT2D eigenvalue weighted by molar-refractivity contribution is 5.92. The van der Waals surface area contributed by atoms with Crippen molar-refractivity contribution >= 4 is 23.9 Å². The monoisotopic (exact) mass is 578 g/mol. The van der Waals surface area contributed by atoms with Crippen molar-refractivity contribution in [2.75, 3.05) is 0 Å². The second-order valence-corrected chi connectivity index (χ2v) is 9.39. The van der Waals surface area contributed by atoms with Crippen molar-refractivity contribution in [3.8, 4) is 0 Å². The van der Waals surface area contributed by atoms with Crippen molar-refractivity contribution in [1.82, 2.24) is 0 Å².